The molecule has 0 aliphatic heterocycles. The zero-order valence-corrected chi connectivity index (χ0v) is 12.7. The summed E-state index contributed by atoms with van der Waals surface area (Å²) < 4.78 is 11.6. The van der Waals surface area contributed by atoms with Crippen molar-refractivity contribution in [2.45, 2.75) is 13.3 Å². The van der Waals surface area contributed by atoms with E-state index in [0.29, 0.717) is 44.1 Å². The predicted octanol–water partition coefficient (Wildman–Crippen LogP) is 0.300. The zero-order valence-electron chi connectivity index (χ0n) is 12.7. The number of amides is 1. The van der Waals surface area contributed by atoms with Gasteiger partial charge in [0, 0.05) is 34.4 Å². The Kier molecular flexibility index (Phi) is 6.47. The molecule has 0 radical (unpaired) electrons. The molecule has 0 fully saturated rings. The Hall–Kier alpha value is -1.60. The highest BCUT2D eigenvalue weighted by atomic mass is 16.5. The summed E-state index contributed by atoms with van der Waals surface area (Å²) in [5.41, 5.74) is 7.65. The summed E-state index contributed by atoms with van der Waals surface area (Å²) in [5.74, 6) is -0.147. The Balaban J connectivity index is 2.95. The highest BCUT2D eigenvalue weighted by Gasteiger charge is 2.23. The summed E-state index contributed by atoms with van der Waals surface area (Å²) in [6.45, 7) is 3.87. The number of ether oxygens (including phenoxy) is 2. The fraction of sp³-hybridized carbons (Fsp3) is 0.692. The molecule has 7 heteroatoms. The van der Waals surface area contributed by atoms with Gasteiger partial charge in [0.05, 0.1) is 24.6 Å². The van der Waals surface area contributed by atoms with E-state index in [1.807, 2.05) is 6.92 Å². The first-order chi connectivity index (χ1) is 9.56. The van der Waals surface area contributed by atoms with Gasteiger partial charge in [0.1, 0.15) is 5.69 Å². The normalized spacial score (nSPS) is 10.8. The number of hydrogen-bond acceptors (Lipinski definition) is 5. The Morgan fingerprint density at radius 3 is 2.25 bits per heavy atom. The van der Waals surface area contributed by atoms with E-state index in [9.17, 15) is 4.79 Å². The number of aromatic nitrogens is 2. The first-order valence-corrected chi connectivity index (χ1v) is 6.65. The Morgan fingerprint density at radius 2 is 1.85 bits per heavy atom. The summed E-state index contributed by atoms with van der Waals surface area (Å²) in [6, 6.07) is 0. The van der Waals surface area contributed by atoms with Crippen molar-refractivity contribution >= 4 is 11.6 Å². The maximum absolute atomic E-state index is 12.6. The van der Waals surface area contributed by atoms with Gasteiger partial charge < -0.3 is 20.1 Å². The number of carbonyl (C=O) groups excluding carboxylic acids is 1. The Labute approximate surface area is 119 Å². The molecule has 0 bridgehead atoms. The van der Waals surface area contributed by atoms with E-state index in [2.05, 4.69) is 5.10 Å². The highest BCUT2D eigenvalue weighted by Crippen LogP contribution is 2.18. The first kappa shape index (κ1) is 16.5. The van der Waals surface area contributed by atoms with Gasteiger partial charge in [-0.1, -0.05) is 6.92 Å². The first-order valence-electron chi connectivity index (χ1n) is 6.65. The second-order valence-electron chi connectivity index (χ2n) is 4.46. The van der Waals surface area contributed by atoms with Crippen molar-refractivity contribution in [1.29, 1.82) is 0 Å². The minimum Gasteiger partial charge on any atom is -0.395 e. The van der Waals surface area contributed by atoms with Crippen LogP contribution >= 0.6 is 0 Å². The quantitative estimate of drug-likeness (QED) is 0.742. The highest BCUT2D eigenvalue weighted by molar-refractivity contribution is 5.98. The molecule has 0 spiro atoms. The maximum Gasteiger partial charge on any atom is 0.274 e. The third kappa shape index (κ3) is 3.71. The second-order valence-corrected chi connectivity index (χ2v) is 4.46. The van der Waals surface area contributed by atoms with Gasteiger partial charge in [-0.3, -0.25) is 9.48 Å². The van der Waals surface area contributed by atoms with Crippen molar-refractivity contribution in [3.63, 3.8) is 0 Å². The summed E-state index contributed by atoms with van der Waals surface area (Å²) in [7, 11) is 4.94. The van der Waals surface area contributed by atoms with Gasteiger partial charge in [0.15, 0.2) is 0 Å². The van der Waals surface area contributed by atoms with E-state index < -0.39 is 0 Å². The van der Waals surface area contributed by atoms with Gasteiger partial charge in [0.25, 0.3) is 5.91 Å². The van der Waals surface area contributed by atoms with Crippen LogP contribution in [0.1, 0.15) is 23.1 Å². The van der Waals surface area contributed by atoms with E-state index in [-0.39, 0.29) is 5.91 Å². The largest absolute Gasteiger partial charge is 0.395 e. The molecule has 0 aromatic carbocycles. The number of carbonyl (C=O) groups is 1. The van der Waals surface area contributed by atoms with Crippen LogP contribution in [0, 0.1) is 0 Å². The molecular formula is C13H24N4O3. The van der Waals surface area contributed by atoms with E-state index in [1.54, 1.807) is 30.8 Å². The molecule has 1 aromatic rings. The van der Waals surface area contributed by atoms with Crippen molar-refractivity contribution in [2.24, 2.45) is 7.05 Å². The molecule has 0 saturated heterocycles. The summed E-state index contributed by atoms with van der Waals surface area (Å²) in [6.07, 6.45) is 0.698. The third-order valence-electron chi connectivity index (χ3n) is 3.12. The molecule has 1 heterocycles. The van der Waals surface area contributed by atoms with Gasteiger partial charge in [0.2, 0.25) is 0 Å². The Bertz CT molecular complexity index is 437. The van der Waals surface area contributed by atoms with E-state index in [1.165, 1.54) is 0 Å². The van der Waals surface area contributed by atoms with E-state index in [4.69, 9.17) is 15.2 Å². The van der Waals surface area contributed by atoms with Crippen LogP contribution in [0.4, 0.5) is 5.69 Å². The van der Waals surface area contributed by atoms with Crippen LogP contribution in [-0.4, -0.2) is 61.1 Å². The Morgan fingerprint density at radius 1 is 1.30 bits per heavy atom. The lowest BCUT2D eigenvalue weighted by Gasteiger charge is -2.22. The molecule has 1 aromatic heterocycles. The number of nitrogens with zero attached hydrogens (tertiary/aromatic N) is 3. The lowest BCUT2D eigenvalue weighted by atomic mass is 10.2. The number of aryl methyl sites for hydroxylation is 2. The smallest absolute Gasteiger partial charge is 0.274 e. The van der Waals surface area contributed by atoms with Gasteiger partial charge in [-0.15, -0.1) is 0 Å². The van der Waals surface area contributed by atoms with Gasteiger partial charge in [-0.2, -0.15) is 5.10 Å². The van der Waals surface area contributed by atoms with Crippen LogP contribution in [0.3, 0.4) is 0 Å². The third-order valence-corrected chi connectivity index (χ3v) is 3.12. The van der Waals surface area contributed by atoms with Crippen LogP contribution < -0.4 is 5.73 Å². The minimum absolute atomic E-state index is 0.147. The molecule has 0 aliphatic rings. The van der Waals surface area contributed by atoms with Crippen LogP contribution in [0.2, 0.25) is 0 Å². The van der Waals surface area contributed by atoms with Crippen molar-refractivity contribution in [2.75, 3.05) is 46.3 Å². The molecular weight excluding hydrogens is 260 g/mol. The lowest BCUT2D eigenvalue weighted by molar-refractivity contribution is 0.0618. The average Bonchev–Trinajstić information content (AvgIpc) is 2.73. The van der Waals surface area contributed by atoms with Gasteiger partial charge >= 0.3 is 0 Å². The van der Waals surface area contributed by atoms with Crippen LogP contribution in [-0.2, 0) is 22.9 Å². The maximum atomic E-state index is 12.6. The summed E-state index contributed by atoms with van der Waals surface area (Å²) >= 11 is 0. The molecule has 2 N–H and O–H groups in total. The van der Waals surface area contributed by atoms with Crippen molar-refractivity contribution in [3.05, 3.63) is 11.4 Å². The molecule has 0 unspecified atom stereocenters. The fourth-order valence-electron chi connectivity index (χ4n) is 1.98. The van der Waals surface area contributed by atoms with E-state index in [0.717, 1.165) is 5.69 Å². The fourth-order valence-corrected chi connectivity index (χ4v) is 1.98. The monoisotopic (exact) mass is 284 g/mol. The average molecular weight is 284 g/mol. The molecule has 0 saturated carbocycles. The number of nitrogen functional groups attached to an aromatic ring is 1. The second kappa shape index (κ2) is 7.86. The van der Waals surface area contributed by atoms with Crippen LogP contribution in [0.5, 0.6) is 0 Å². The van der Waals surface area contributed by atoms with Crippen molar-refractivity contribution < 1.29 is 14.3 Å². The predicted molar refractivity (Wildman–Crippen MR) is 76.7 cm³/mol. The van der Waals surface area contributed by atoms with E-state index >= 15 is 0 Å². The number of methoxy groups -OCH3 is 2. The number of nitrogens with two attached hydrogens (primary N) is 1. The SMILES string of the molecule is CCc1nn(C)c(C(=O)N(CCOC)CCOC)c1N. The summed E-state index contributed by atoms with van der Waals surface area (Å²) in [5, 5.41) is 4.27. The molecule has 114 valence electrons. The number of rotatable bonds is 8. The van der Waals surface area contributed by atoms with Crippen molar-refractivity contribution in [3.8, 4) is 0 Å². The molecule has 0 aliphatic carbocycles. The standard InChI is InChI=1S/C13H24N4O3/c1-5-10-11(14)12(16(2)15-10)13(18)17(6-8-19-3)7-9-20-4/h5-9,14H2,1-4H3. The number of anilines is 1. The van der Waals surface area contributed by atoms with Gasteiger partial charge in [-0.05, 0) is 6.42 Å². The summed E-state index contributed by atoms with van der Waals surface area (Å²) in [4.78, 5) is 14.3. The topological polar surface area (TPSA) is 82.6 Å². The molecule has 20 heavy (non-hydrogen) atoms. The van der Waals surface area contributed by atoms with Crippen molar-refractivity contribution in [1.82, 2.24) is 14.7 Å². The molecule has 7 nitrogen and oxygen atoms in total. The van der Waals surface area contributed by atoms with Crippen LogP contribution in [0.25, 0.3) is 0 Å². The zero-order chi connectivity index (χ0) is 15.1. The molecule has 1 rings (SSSR count). The minimum atomic E-state index is -0.147. The lowest BCUT2D eigenvalue weighted by Crippen LogP contribution is -2.37. The molecule has 0 atom stereocenters. The van der Waals surface area contributed by atoms with Crippen LogP contribution in [0.15, 0.2) is 0 Å². The molecule has 1 amide bonds. The van der Waals surface area contributed by atoms with Gasteiger partial charge in [-0.25, -0.2) is 0 Å². The number of hydrogen-bond donors (Lipinski definition) is 1.